The zero-order chi connectivity index (χ0) is 18.4. The summed E-state index contributed by atoms with van der Waals surface area (Å²) in [5.74, 6) is 2.32. The molecule has 144 valence electrons. The second kappa shape index (κ2) is 9.24. The zero-order valence-electron chi connectivity index (χ0n) is 16.4. The van der Waals surface area contributed by atoms with Gasteiger partial charge in [-0.1, -0.05) is 19.1 Å². The molecule has 3 heterocycles. The van der Waals surface area contributed by atoms with Crippen molar-refractivity contribution in [1.29, 1.82) is 0 Å². The average molecular weight is 360 g/mol. The van der Waals surface area contributed by atoms with Gasteiger partial charge in [0, 0.05) is 58.9 Å². The van der Waals surface area contributed by atoms with Gasteiger partial charge >= 0.3 is 0 Å². The summed E-state index contributed by atoms with van der Waals surface area (Å²) in [6, 6.07) is 8.97. The fraction of sp³-hybridized carbons (Fsp3) is 0.650. The minimum absolute atomic E-state index is 0.500. The Bertz CT molecular complexity index is 580. The van der Waals surface area contributed by atoms with E-state index in [2.05, 4.69) is 44.5 Å². The molecule has 3 fully saturated rings. The molecular formula is C20H33N5O. The minimum atomic E-state index is 0.500. The van der Waals surface area contributed by atoms with Gasteiger partial charge < -0.3 is 15.4 Å². The number of aliphatic imine (C=N–C) groups is 1. The van der Waals surface area contributed by atoms with Crippen LogP contribution in [0.4, 0.5) is 0 Å². The molecule has 26 heavy (non-hydrogen) atoms. The molecular weight excluding hydrogens is 326 g/mol. The van der Waals surface area contributed by atoms with Crippen LogP contribution < -0.4 is 15.4 Å². The molecule has 3 aliphatic heterocycles. The zero-order valence-corrected chi connectivity index (χ0v) is 16.4. The molecule has 3 saturated heterocycles. The average Bonchev–Trinajstić information content (AvgIpc) is 2.71. The van der Waals surface area contributed by atoms with Crippen molar-refractivity contribution in [2.24, 2.45) is 4.99 Å². The van der Waals surface area contributed by atoms with Crippen molar-refractivity contribution in [3.05, 3.63) is 29.8 Å². The largest absolute Gasteiger partial charge is 0.497 e. The van der Waals surface area contributed by atoms with Crippen LogP contribution in [-0.4, -0.2) is 81.8 Å². The van der Waals surface area contributed by atoms with Gasteiger partial charge in [0.2, 0.25) is 0 Å². The lowest BCUT2D eigenvalue weighted by atomic mass is 9.98. The summed E-state index contributed by atoms with van der Waals surface area (Å²) in [6.07, 6.45) is 1.07. The summed E-state index contributed by atoms with van der Waals surface area (Å²) in [7, 11) is 3.55. The summed E-state index contributed by atoms with van der Waals surface area (Å²) >= 11 is 0. The van der Waals surface area contributed by atoms with Crippen LogP contribution >= 0.6 is 0 Å². The molecule has 2 N–H and O–H groups in total. The number of ether oxygens (including phenoxy) is 1. The molecule has 6 nitrogen and oxygen atoms in total. The number of piperazine rings is 3. The van der Waals surface area contributed by atoms with Gasteiger partial charge in [0.1, 0.15) is 5.75 Å². The molecule has 2 unspecified atom stereocenters. The quantitative estimate of drug-likeness (QED) is 0.569. The van der Waals surface area contributed by atoms with Crippen molar-refractivity contribution < 1.29 is 4.74 Å². The number of nitrogens with one attached hydrogen (secondary N) is 2. The van der Waals surface area contributed by atoms with Gasteiger partial charge in [-0.3, -0.25) is 14.8 Å². The Labute approximate surface area is 157 Å². The Morgan fingerprint density at radius 1 is 1.19 bits per heavy atom. The van der Waals surface area contributed by atoms with E-state index in [0.29, 0.717) is 12.0 Å². The van der Waals surface area contributed by atoms with Crippen LogP contribution in [0.25, 0.3) is 0 Å². The Hall–Kier alpha value is -1.79. The summed E-state index contributed by atoms with van der Waals surface area (Å²) in [4.78, 5) is 9.54. The molecule has 3 aliphatic rings. The monoisotopic (exact) mass is 359 g/mol. The third-order valence-corrected chi connectivity index (χ3v) is 5.68. The number of hydrogen-bond acceptors (Lipinski definition) is 4. The topological polar surface area (TPSA) is 52.1 Å². The van der Waals surface area contributed by atoms with Gasteiger partial charge in [0.05, 0.1) is 7.11 Å². The van der Waals surface area contributed by atoms with Crippen molar-refractivity contribution in [2.75, 3.05) is 60.0 Å². The Morgan fingerprint density at radius 3 is 2.50 bits per heavy atom. The third kappa shape index (κ3) is 4.89. The second-order valence-corrected chi connectivity index (χ2v) is 7.33. The number of methoxy groups -OCH3 is 1. The molecule has 4 rings (SSSR count). The molecule has 0 aromatic heterocycles. The normalized spacial score (nSPS) is 26.4. The Balaban J connectivity index is 1.38. The maximum Gasteiger partial charge on any atom is 0.191 e. The van der Waals surface area contributed by atoms with E-state index in [4.69, 9.17) is 4.74 Å². The molecule has 0 amide bonds. The summed E-state index contributed by atoms with van der Waals surface area (Å²) in [5, 5.41) is 6.96. The highest BCUT2D eigenvalue weighted by Crippen LogP contribution is 2.21. The number of benzene rings is 1. The SMILES string of the molecule is CN=C(NCCC(C)c1ccc(OC)cc1)NCC1CN2CCN1CC2. The van der Waals surface area contributed by atoms with Gasteiger partial charge in [0.25, 0.3) is 0 Å². The number of fused-ring (bicyclic) bond motifs is 3. The number of nitrogens with zero attached hydrogens (tertiary/aromatic N) is 3. The first kappa shape index (κ1) is 19.0. The number of guanidine groups is 1. The fourth-order valence-corrected chi connectivity index (χ4v) is 3.86. The second-order valence-electron chi connectivity index (χ2n) is 7.33. The van der Waals surface area contributed by atoms with Crippen LogP contribution in [0.3, 0.4) is 0 Å². The molecule has 0 saturated carbocycles. The van der Waals surface area contributed by atoms with Crippen molar-refractivity contribution in [3.8, 4) is 5.75 Å². The van der Waals surface area contributed by atoms with Crippen LogP contribution in [0, 0.1) is 0 Å². The highest BCUT2D eigenvalue weighted by Gasteiger charge is 2.31. The molecule has 2 bridgehead atoms. The van der Waals surface area contributed by atoms with Crippen LogP contribution in [0.15, 0.2) is 29.3 Å². The maximum atomic E-state index is 5.23. The van der Waals surface area contributed by atoms with Crippen LogP contribution in [0.1, 0.15) is 24.8 Å². The smallest absolute Gasteiger partial charge is 0.191 e. The lowest BCUT2D eigenvalue weighted by Gasteiger charge is -2.47. The predicted molar refractivity (Wildman–Crippen MR) is 107 cm³/mol. The molecule has 6 heteroatoms. The Kier molecular flexibility index (Phi) is 6.74. The molecule has 0 radical (unpaired) electrons. The maximum absolute atomic E-state index is 5.23. The van der Waals surface area contributed by atoms with Gasteiger partial charge in [-0.25, -0.2) is 0 Å². The van der Waals surface area contributed by atoms with Gasteiger partial charge in [-0.05, 0) is 30.0 Å². The van der Waals surface area contributed by atoms with E-state index in [1.54, 1.807) is 7.11 Å². The summed E-state index contributed by atoms with van der Waals surface area (Å²) in [5.41, 5.74) is 1.34. The number of hydrogen-bond donors (Lipinski definition) is 2. The van der Waals surface area contributed by atoms with Crippen LogP contribution in [0.5, 0.6) is 5.75 Å². The van der Waals surface area contributed by atoms with E-state index in [1.807, 2.05) is 19.2 Å². The van der Waals surface area contributed by atoms with Gasteiger partial charge in [-0.15, -0.1) is 0 Å². The van der Waals surface area contributed by atoms with E-state index in [0.717, 1.165) is 31.2 Å². The molecule has 1 aromatic rings. The first-order valence-corrected chi connectivity index (χ1v) is 9.74. The number of rotatable bonds is 7. The van der Waals surface area contributed by atoms with Crippen molar-refractivity contribution in [3.63, 3.8) is 0 Å². The minimum Gasteiger partial charge on any atom is -0.497 e. The van der Waals surface area contributed by atoms with Crippen LogP contribution in [0.2, 0.25) is 0 Å². The molecule has 0 spiro atoms. The standard InChI is InChI=1S/C20H33N5O/c1-16(17-4-6-19(26-3)7-5-17)8-9-22-20(21-2)23-14-18-15-24-10-12-25(18)13-11-24/h4-7,16,18H,8-15H2,1-3H3,(H2,21,22,23). The lowest BCUT2D eigenvalue weighted by molar-refractivity contribution is 0.0154. The lowest BCUT2D eigenvalue weighted by Crippen LogP contribution is -2.63. The predicted octanol–water partition coefficient (Wildman–Crippen LogP) is 1.35. The van der Waals surface area contributed by atoms with Gasteiger partial charge in [-0.2, -0.15) is 0 Å². The first-order valence-electron chi connectivity index (χ1n) is 9.74. The van der Waals surface area contributed by atoms with Gasteiger partial charge in [0.15, 0.2) is 5.96 Å². The van der Waals surface area contributed by atoms with E-state index < -0.39 is 0 Å². The van der Waals surface area contributed by atoms with E-state index in [1.165, 1.54) is 38.3 Å². The fourth-order valence-electron chi connectivity index (χ4n) is 3.86. The van der Waals surface area contributed by atoms with Crippen molar-refractivity contribution >= 4 is 5.96 Å². The summed E-state index contributed by atoms with van der Waals surface area (Å²) < 4.78 is 5.23. The highest BCUT2D eigenvalue weighted by atomic mass is 16.5. The van der Waals surface area contributed by atoms with E-state index >= 15 is 0 Å². The summed E-state index contributed by atoms with van der Waals surface area (Å²) in [6.45, 7) is 10.2. The van der Waals surface area contributed by atoms with Crippen molar-refractivity contribution in [1.82, 2.24) is 20.4 Å². The third-order valence-electron chi connectivity index (χ3n) is 5.68. The molecule has 1 aromatic carbocycles. The Morgan fingerprint density at radius 2 is 1.92 bits per heavy atom. The van der Waals surface area contributed by atoms with Crippen molar-refractivity contribution in [2.45, 2.75) is 25.3 Å². The highest BCUT2D eigenvalue weighted by molar-refractivity contribution is 5.79. The van der Waals surface area contributed by atoms with E-state index in [-0.39, 0.29) is 0 Å². The first-order chi connectivity index (χ1) is 12.7. The molecule has 2 atom stereocenters. The van der Waals surface area contributed by atoms with E-state index in [9.17, 15) is 0 Å². The van der Waals surface area contributed by atoms with Crippen LogP contribution in [-0.2, 0) is 0 Å². The molecule has 0 aliphatic carbocycles.